The van der Waals surface area contributed by atoms with E-state index in [2.05, 4.69) is 23.1 Å². The normalized spacial score (nSPS) is 47.6. The lowest BCUT2D eigenvalue weighted by Gasteiger charge is -2.22. The molecule has 0 aromatic carbocycles. The van der Waals surface area contributed by atoms with E-state index in [1.165, 1.54) is 19.3 Å². The highest BCUT2D eigenvalue weighted by Gasteiger charge is 2.30. The van der Waals surface area contributed by atoms with Crippen LogP contribution in [0.2, 0.25) is 0 Å². The fourth-order valence-corrected chi connectivity index (χ4v) is 1.74. The first-order valence-corrected chi connectivity index (χ1v) is 3.99. The maximum atomic E-state index is 2.97. The average molecular weight is 130 g/mol. The highest BCUT2D eigenvalue weighted by molar-refractivity contribution is 7.19. The van der Waals surface area contributed by atoms with Crippen molar-refractivity contribution in [2.45, 2.75) is 38.3 Å². The number of hydrogen-bond donors (Lipinski definition) is 0. The van der Waals surface area contributed by atoms with Crippen molar-refractivity contribution in [3.63, 3.8) is 0 Å². The fraction of sp³-hybridized carbons (Fsp3) is 1.00. The van der Waals surface area contributed by atoms with E-state index in [0.717, 1.165) is 5.92 Å². The van der Waals surface area contributed by atoms with Crippen LogP contribution in [0.4, 0.5) is 0 Å². The monoisotopic (exact) mass is 130 g/mol. The molecule has 1 fully saturated rings. The lowest BCUT2D eigenvalue weighted by atomic mass is 10.00. The van der Waals surface area contributed by atoms with Gasteiger partial charge in [0.15, 0.2) is 0 Å². The Morgan fingerprint density at radius 3 is 2.38 bits per heavy atom. The summed E-state index contributed by atoms with van der Waals surface area (Å²) in [5, 5.41) is 0.569. The van der Waals surface area contributed by atoms with E-state index >= 15 is 0 Å². The number of hydrogen-bond acceptors (Lipinski definition) is 0. The van der Waals surface area contributed by atoms with Gasteiger partial charge in [-0.05, 0) is 23.9 Å². The Balaban J connectivity index is 2.54. The molecule has 1 aliphatic carbocycles. The topological polar surface area (TPSA) is 0 Å². The van der Waals surface area contributed by atoms with Gasteiger partial charge in [0, 0.05) is 0 Å². The van der Waals surface area contributed by atoms with Gasteiger partial charge in [-0.2, -0.15) is 0 Å². The lowest BCUT2D eigenvalue weighted by Crippen LogP contribution is -2.17. The second-order valence-electron chi connectivity index (χ2n) is 3.30. The summed E-state index contributed by atoms with van der Waals surface area (Å²) >= 11 is 0. The van der Waals surface area contributed by atoms with Crippen LogP contribution in [0.25, 0.3) is 0 Å². The lowest BCUT2D eigenvalue weighted by molar-refractivity contribution is 0.503. The van der Waals surface area contributed by atoms with Crippen molar-refractivity contribution in [3.8, 4) is 0 Å². The molecular formula is C7H15P. The van der Waals surface area contributed by atoms with E-state index < -0.39 is 0 Å². The van der Waals surface area contributed by atoms with Crippen molar-refractivity contribution in [2.24, 2.45) is 5.92 Å². The standard InChI is InChI=1S/C7H15P/c1-6-4-3-5-7(6,2)8/h6H,3-5,8H2,1-2H3. The van der Waals surface area contributed by atoms with Crippen molar-refractivity contribution < 1.29 is 0 Å². The Bertz CT molecular complexity index is 86.4. The molecule has 0 heterocycles. The Hall–Kier alpha value is 0.430. The smallest absolute Gasteiger partial charge is 0.0153 e. The van der Waals surface area contributed by atoms with E-state index in [0.29, 0.717) is 5.16 Å². The quantitative estimate of drug-likeness (QED) is 0.442. The van der Waals surface area contributed by atoms with Crippen LogP contribution in [-0.2, 0) is 0 Å². The van der Waals surface area contributed by atoms with Gasteiger partial charge in [-0.25, -0.2) is 0 Å². The molecule has 48 valence electrons. The summed E-state index contributed by atoms with van der Waals surface area (Å²) in [5.41, 5.74) is 0. The van der Waals surface area contributed by atoms with Gasteiger partial charge in [-0.3, -0.25) is 0 Å². The molecule has 0 saturated heterocycles. The van der Waals surface area contributed by atoms with Crippen molar-refractivity contribution in [2.75, 3.05) is 0 Å². The molecule has 1 heteroatoms. The fourth-order valence-electron chi connectivity index (χ4n) is 1.37. The molecule has 3 unspecified atom stereocenters. The van der Waals surface area contributed by atoms with Crippen molar-refractivity contribution >= 4 is 9.24 Å². The maximum absolute atomic E-state index is 2.97. The third-order valence-corrected chi connectivity index (χ3v) is 3.34. The van der Waals surface area contributed by atoms with Gasteiger partial charge >= 0.3 is 0 Å². The van der Waals surface area contributed by atoms with Gasteiger partial charge in [-0.1, -0.05) is 20.3 Å². The minimum atomic E-state index is 0.569. The first kappa shape index (κ1) is 6.55. The third kappa shape index (κ3) is 1.05. The molecule has 3 atom stereocenters. The molecule has 0 nitrogen and oxygen atoms in total. The minimum absolute atomic E-state index is 0.569. The first-order valence-electron chi connectivity index (χ1n) is 3.42. The third-order valence-electron chi connectivity index (χ3n) is 2.48. The zero-order valence-electron chi connectivity index (χ0n) is 5.78. The average Bonchev–Trinajstić information content (AvgIpc) is 1.86. The molecule has 0 bridgehead atoms. The Morgan fingerprint density at radius 2 is 2.25 bits per heavy atom. The van der Waals surface area contributed by atoms with Crippen LogP contribution < -0.4 is 0 Å². The molecule has 0 N–H and O–H groups in total. The summed E-state index contributed by atoms with van der Waals surface area (Å²) in [5.74, 6) is 0.924. The molecule has 0 amide bonds. The molecule has 0 aromatic heterocycles. The molecule has 1 rings (SSSR count). The Kier molecular flexibility index (Phi) is 1.63. The minimum Gasteiger partial charge on any atom is -0.131 e. The van der Waals surface area contributed by atoms with E-state index in [4.69, 9.17) is 0 Å². The molecule has 0 spiro atoms. The molecular weight excluding hydrogens is 115 g/mol. The van der Waals surface area contributed by atoms with Gasteiger partial charge in [-0.15, -0.1) is 9.24 Å². The second-order valence-corrected chi connectivity index (χ2v) is 4.62. The summed E-state index contributed by atoms with van der Waals surface area (Å²) in [6.45, 7) is 4.69. The van der Waals surface area contributed by atoms with Crippen molar-refractivity contribution in [3.05, 3.63) is 0 Å². The SMILES string of the molecule is CC1CCCC1(C)P. The van der Waals surface area contributed by atoms with E-state index in [1.54, 1.807) is 0 Å². The van der Waals surface area contributed by atoms with Crippen LogP contribution in [0.3, 0.4) is 0 Å². The predicted molar refractivity (Wildman–Crippen MR) is 41.1 cm³/mol. The predicted octanol–water partition coefficient (Wildman–Crippen LogP) is 2.44. The molecule has 8 heavy (non-hydrogen) atoms. The molecule has 0 aromatic rings. The van der Waals surface area contributed by atoms with E-state index in [-0.39, 0.29) is 0 Å². The summed E-state index contributed by atoms with van der Waals surface area (Å²) in [7, 11) is 2.97. The van der Waals surface area contributed by atoms with Gasteiger partial charge < -0.3 is 0 Å². The molecule has 1 aliphatic rings. The van der Waals surface area contributed by atoms with Crippen molar-refractivity contribution in [1.82, 2.24) is 0 Å². The first-order chi connectivity index (χ1) is 3.63. The Labute approximate surface area is 54.3 Å². The van der Waals surface area contributed by atoms with Crippen LogP contribution >= 0.6 is 9.24 Å². The highest BCUT2D eigenvalue weighted by Crippen LogP contribution is 2.41. The zero-order chi connectivity index (χ0) is 6.20. The van der Waals surface area contributed by atoms with Crippen LogP contribution in [0.5, 0.6) is 0 Å². The van der Waals surface area contributed by atoms with Crippen LogP contribution in [0, 0.1) is 5.92 Å². The molecule has 0 aliphatic heterocycles. The summed E-state index contributed by atoms with van der Waals surface area (Å²) < 4.78 is 0. The largest absolute Gasteiger partial charge is 0.131 e. The summed E-state index contributed by atoms with van der Waals surface area (Å²) in [6.07, 6.45) is 4.26. The van der Waals surface area contributed by atoms with Crippen LogP contribution in [0.1, 0.15) is 33.1 Å². The van der Waals surface area contributed by atoms with Gasteiger partial charge in [0.05, 0.1) is 0 Å². The molecule has 0 radical (unpaired) electrons. The highest BCUT2D eigenvalue weighted by atomic mass is 31.0. The van der Waals surface area contributed by atoms with Gasteiger partial charge in [0.25, 0.3) is 0 Å². The Morgan fingerprint density at radius 1 is 1.62 bits per heavy atom. The van der Waals surface area contributed by atoms with E-state index in [1.807, 2.05) is 0 Å². The van der Waals surface area contributed by atoms with Crippen molar-refractivity contribution in [1.29, 1.82) is 0 Å². The van der Waals surface area contributed by atoms with Gasteiger partial charge in [0.2, 0.25) is 0 Å². The summed E-state index contributed by atoms with van der Waals surface area (Å²) in [6, 6.07) is 0. The van der Waals surface area contributed by atoms with Gasteiger partial charge in [0.1, 0.15) is 0 Å². The zero-order valence-corrected chi connectivity index (χ0v) is 6.93. The second kappa shape index (κ2) is 1.99. The maximum Gasteiger partial charge on any atom is -0.0153 e. The van der Waals surface area contributed by atoms with Crippen LogP contribution in [0.15, 0.2) is 0 Å². The van der Waals surface area contributed by atoms with E-state index in [9.17, 15) is 0 Å². The van der Waals surface area contributed by atoms with Crippen LogP contribution in [-0.4, -0.2) is 5.16 Å². The molecule has 1 saturated carbocycles. The summed E-state index contributed by atoms with van der Waals surface area (Å²) in [4.78, 5) is 0. The number of rotatable bonds is 0.